The lowest BCUT2D eigenvalue weighted by molar-refractivity contribution is 0.724. The number of hydrogen-bond acceptors (Lipinski definition) is 4. The van der Waals surface area contributed by atoms with Gasteiger partial charge in [0, 0.05) is 29.4 Å². The van der Waals surface area contributed by atoms with E-state index in [0.29, 0.717) is 5.88 Å². The van der Waals surface area contributed by atoms with E-state index in [1.807, 2.05) is 20.2 Å². The molecule has 0 saturated heterocycles. The highest BCUT2D eigenvalue weighted by Gasteiger charge is 2.16. The van der Waals surface area contributed by atoms with Gasteiger partial charge in [0.1, 0.15) is 0 Å². The van der Waals surface area contributed by atoms with Crippen LogP contribution in [0.1, 0.15) is 29.1 Å². The van der Waals surface area contributed by atoms with Crippen molar-refractivity contribution in [1.29, 1.82) is 0 Å². The Bertz CT molecular complexity index is 513. The molecule has 5 heteroatoms. The van der Waals surface area contributed by atoms with Gasteiger partial charge in [-0.1, -0.05) is 6.07 Å². The van der Waals surface area contributed by atoms with Crippen molar-refractivity contribution in [2.45, 2.75) is 25.8 Å². The molecule has 1 atom stereocenters. The molecular formula is C13H16ClN3S. The van der Waals surface area contributed by atoms with E-state index in [1.54, 1.807) is 11.3 Å². The SMILES string of the molecule is Cc1nc(N(C)C(C)c2cccs2)ncc1CCl. The van der Waals surface area contributed by atoms with Crippen molar-refractivity contribution < 1.29 is 0 Å². The topological polar surface area (TPSA) is 29.0 Å². The molecule has 2 heterocycles. The fourth-order valence-electron chi connectivity index (χ4n) is 1.67. The molecule has 0 fully saturated rings. The molecule has 2 rings (SSSR count). The largest absolute Gasteiger partial charge is 0.336 e. The average molecular weight is 282 g/mol. The van der Waals surface area contributed by atoms with Crippen molar-refractivity contribution in [2.24, 2.45) is 0 Å². The van der Waals surface area contributed by atoms with Gasteiger partial charge in [-0.15, -0.1) is 22.9 Å². The number of alkyl halides is 1. The van der Waals surface area contributed by atoms with Crippen molar-refractivity contribution in [3.05, 3.63) is 39.8 Å². The number of anilines is 1. The average Bonchev–Trinajstić information content (AvgIpc) is 2.90. The summed E-state index contributed by atoms with van der Waals surface area (Å²) < 4.78 is 0. The number of aryl methyl sites for hydroxylation is 1. The van der Waals surface area contributed by atoms with E-state index in [0.717, 1.165) is 17.2 Å². The molecular weight excluding hydrogens is 266 g/mol. The van der Waals surface area contributed by atoms with Gasteiger partial charge < -0.3 is 4.90 Å². The van der Waals surface area contributed by atoms with E-state index >= 15 is 0 Å². The zero-order valence-electron chi connectivity index (χ0n) is 10.7. The molecule has 0 saturated carbocycles. The summed E-state index contributed by atoms with van der Waals surface area (Å²) in [6.07, 6.45) is 1.81. The van der Waals surface area contributed by atoms with Crippen LogP contribution in [0.4, 0.5) is 5.95 Å². The summed E-state index contributed by atoms with van der Waals surface area (Å²) in [5.74, 6) is 1.19. The van der Waals surface area contributed by atoms with Gasteiger partial charge in [-0.2, -0.15) is 0 Å². The van der Waals surface area contributed by atoms with Crippen molar-refractivity contribution in [3.63, 3.8) is 0 Å². The third-order valence-corrected chi connectivity index (χ3v) is 4.39. The van der Waals surface area contributed by atoms with Crippen molar-refractivity contribution in [3.8, 4) is 0 Å². The highest BCUT2D eigenvalue weighted by molar-refractivity contribution is 7.10. The van der Waals surface area contributed by atoms with E-state index in [2.05, 4.69) is 39.3 Å². The van der Waals surface area contributed by atoms with Gasteiger partial charge in [0.2, 0.25) is 5.95 Å². The number of halogens is 1. The number of thiophene rings is 1. The quantitative estimate of drug-likeness (QED) is 0.799. The molecule has 0 aliphatic carbocycles. The number of hydrogen-bond donors (Lipinski definition) is 0. The van der Waals surface area contributed by atoms with Crippen molar-refractivity contribution in [1.82, 2.24) is 9.97 Å². The van der Waals surface area contributed by atoms with Crippen LogP contribution in [0, 0.1) is 6.92 Å². The lowest BCUT2D eigenvalue weighted by Gasteiger charge is -2.24. The van der Waals surface area contributed by atoms with Crippen LogP contribution in [-0.2, 0) is 5.88 Å². The number of aromatic nitrogens is 2. The molecule has 18 heavy (non-hydrogen) atoms. The van der Waals surface area contributed by atoms with E-state index in [4.69, 9.17) is 11.6 Å². The van der Waals surface area contributed by atoms with Crippen molar-refractivity contribution >= 4 is 28.9 Å². The number of rotatable bonds is 4. The highest BCUT2D eigenvalue weighted by Crippen LogP contribution is 2.26. The molecule has 2 aromatic rings. The van der Waals surface area contributed by atoms with Gasteiger partial charge in [0.25, 0.3) is 0 Å². The van der Waals surface area contributed by atoms with Crippen LogP contribution >= 0.6 is 22.9 Å². The van der Waals surface area contributed by atoms with Crippen LogP contribution in [0.3, 0.4) is 0 Å². The smallest absolute Gasteiger partial charge is 0.225 e. The Morgan fingerprint density at radius 2 is 2.28 bits per heavy atom. The Morgan fingerprint density at radius 3 is 2.83 bits per heavy atom. The van der Waals surface area contributed by atoms with Gasteiger partial charge in [0.15, 0.2) is 0 Å². The van der Waals surface area contributed by atoms with Crippen LogP contribution in [-0.4, -0.2) is 17.0 Å². The van der Waals surface area contributed by atoms with Gasteiger partial charge >= 0.3 is 0 Å². The molecule has 1 unspecified atom stereocenters. The summed E-state index contributed by atoms with van der Waals surface area (Å²) in [5, 5.41) is 2.09. The summed E-state index contributed by atoms with van der Waals surface area (Å²) in [5.41, 5.74) is 1.93. The maximum Gasteiger partial charge on any atom is 0.225 e. The van der Waals surface area contributed by atoms with Gasteiger partial charge in [0.05, 0.1) is 11.9 Å². The zero-order chi connectivity index (χ0) is 13.1. The van der Waals surface area contributed by atoms with E-state index in [-0.39, 0.29) is 6.04 Å². The van der Waals surface area contributed by atoms with E-state index in [9.17, 15) is 0 Å². The predicted molar refractivity (Wildman–Crippen MR) is 77.5 cm³/mol. The third-order valence-electron chi connectivity index (χ3n) is 3.06. The molecule has 96 valence electrons. The first-order valence-corrected chi connectivity index (χ1v) is 7.19. The summed E-state index contributed by atoms with van der Waals surface area (Å²) in [6, 6.07) is 4.46. The Kier molecular flexibility index (Phi) is 4.19. The third kappa shape index (κ3) is 2.65. The second-order valence-corrected chi connectivity index (χ2v) is 5.46. The first-order chi connectivity index (χ1) is 8.63. The normalized spacial score (nSPS) is 12.4. The lowest BCUT2D eigenvalue weighted by atomic mass is 10.2. The van der Waals surface area contributed by atoms with Crippen LogP contribution < -0.4 is 4.90 Å². The van der Waals surface area contributed by atoms with E-state index < -0.39 is 0 Å². The molecule has 0 spiro atoms. The minimum absolute atomic E-state index is 0.270. The maximum atomic E-state index is 5.82. The Morgan fingerprint density at radius 1 is 1.50 bits per heavy atom. The molecule has 0 amide bonds. The minimum atomic E-state index is 0.270. The summed E-state index contributed by atoms with van der Waals surface area (Å²) in [6.45, 7) is 4.12. The lowest BCUT2D eigenvalue weighted by Crippen LogP contribution is -2.23. The molecule has 0 aromatic carbocycles. The predicted octanol–water partition coefficient (Wildman–Crippen LogP) is 3.78. The first kappa shape index (κ1) is 13.3. The second kappa shape index (κ2) is 5.67. The van der Waals surface area contributed by atoms with Crippen LogP contribution in [0.25, 0.3) is 0 Å². The fraction of sp³-hybridized carbons (Fsp3) is 0.385. The molecule has 0 N–H and O–H groups in total. The maximum absolute atomic E-state index is 5.82. The monoisotopic (exact) mass is 281 g/mol. The Hall–Kier alpha value is -1.13. The van der Waals surface area contributed by atoms with Crippen LogP contribution in [0.5, 0.6) is 0 Å². The summed E-state index contributed by atoms with van der Waals surface area (Å²) >= 11 is 7.56. The fourth-order valence-corrected chi connectivity index (χ4v) is 2.76. The van der Waals surface area contributed by atoms with Crippen LogP contribution in [0.2, 0.25) is 0 Å². The van der Waals surface area contributed by atoms with Gasteiger partial charge in [-0.25, -0.2) is 9.97 Å². The van der Waals surface area contributed by atoms with Gasteiger partial charge in [-0.05, 0) is 25.3 Å². The minimum Gasteiger partial charge on any atom is -0.336 e. The standard InChI is InChI=1S/C13H16ClN3S/c1-9-11(7-14)8-15-13(16-9)17(3)10(2)12-5-4-6-18-12/h4-6,8,10H,7H2,1-3H3. The summed E-state index contributed by atoms with van der Waals surface area (Å²) in [4.78, 5) is 12.3. The van der Waals surface area contributed by atoms with Crippen LogP contribution in [0.15, 0.2) is 23.7 Å². The number of nitrogens with zero attached hydrogens (tertiary/aromatic N) is 3. The molecule has 0 aliphatic rings. The molecule has 3 nitrogen and oxygen atoms in total. The van der Waals surface area contributed by atoms with E-state index in [1.165, 1.54) is 4.88 Å². The molecule has 0 bridgehead atoms. The van der Waals surface area contributed by atoms with Crippen molar-refractivity contribution in [2.75, 3.05) is 11.9 Å². The Balaban J connectivity index is 2.23. The molecule has 0 radical (unpaired) electrons. The second-order valence-electron chi connectivity index (χ2n) is 4.22. The molecule has 0 aliphatic heterocycles. The Labute approximate surface area is 116 Å². The zero-order valence-corrected chi connectivity index (χ0v) is 12.3. The molecule has 2 aromatic heterocycles. The summed E-state index contributed by atoms with van der Waals surface area (Å²) in [7, 11) is 2.01. The van der Waals surface area contributed by atoms with Gasteiger partial charge in [-0.3, -0.25) is 0 Å². The first-order valence-electron chi connectivity index (χ1n) is 5.78. The highest BCUT2D eigenvalue weighted by atomic mass is 35.5.